The zero-order valence-electron chi connectivity index (χ0n) is 9.41. The van der Waals surface area contributed by atoms with Crippen LogP contribution in [0.25, 0.3) is 0 Å². The predicted molar refractivity (Wildman–Crippen MR) is 60.0 cm³/mol. The number of carbonyl (C=O) groups is 2. The van der Waals surface area contributed by atoms with Crippen LogP contribution in [-0.2, 0) is 4.79 Å². The molecule has 0 N–H and O–H groups in total. The van der Waals surface area contributed by atoms with Gasteiger partial charge in [0.1, 0.15) is 0 Å². The molecular formula is C13H16O2. The fraction of sp³-hybridized carbons (Fsp3) is 0.385. The van der Waals surface area contributed by atoms with Crippen LogP contribution in [0.1, 0.15) is 36.2 Å². The van der Waals surface area contributed by atoms with E-state index in [1.807, 2.05) is 32.9 Å². The Kier molecular flexibility index (Phi) is 3.78. The zero-order chi connectivity index (χ0) is 11.4. The van der Waals surface area contributed by atoms with Gasteiger partial charge in [-0.1, -0.05) is 38.1 Å². The normalized spacial score (nSPS) is 10.4. The summed E-state index contributed by atoms with van der Waals surface area (Å²) in [5.74, 6) is -0.424. The summed E-state index contributed by atoms with van der Waals surface area (Å²) in [6.45, 7) is 5.71. The van der Waals surface area contributed by atoms with E-state index in [0.717, 1.165) is 5.56 Å². The monoisotopic (exact) mass is 204 g/mol. The quantitative estimate of drug-likeness (QED) is 0.558. The van der Waals surface area contributed by atoms with Gasteiger partial charge >= 0.3 is 0 Å². The molecule has 0 fully saturated rings. The van der Waals surface area contributed by atoms with Gasteiger partial charge in [0.25, 0.3) is 0 Å². The van der Waals surface area contributed by atoms with E-state index in [1.54, 1.807) is 12.1 Å². The molecule has 0 unspecified atom stereocenters. The van der Waals surface area contributed by atoms with Crippen molar-refractivity contribution in [2.75, 3.05) is 0 Å². The van der Waals surface area contributed by atoms with Crippen molar-refractivity contribution in [3.63, 3.8) is 0 Å². The average molecular weight is 204 g/mol. The van der Waals surface area contributed by atoms with Crippen LogP contribution in [0.3, 0.4) is 0 Å². The van der Waals surface area contributed by atoms with Gasteiger partial charge in [0.05, 0.1) is 0 Å². The molecule has 0 radical (unpaired) electrons. The van der Waals surface area contributed by atoms with Gasteiger partial charge in [0, 0.05) is 12.0 Å². The summed E-state index contributed by atoms with van der Waals surface area (Å²) >= 11 is 0. The highest BCUT2D eigenvalue weighted by molar-refractivity contribution is 6.44. The van der Waals surface area contributed by atoms with Crippen LogP contribution in [0.5, 0.6) is 0 Å². The molecule has 80 valence electrons. The lowest BCUT2D eigenvalue weighted by Crippen LogP contribution is -2.17. The Morgan fingerprint density at radius 2 is 1.80 bits per heavy atom. The van der Waals surface area contributed by atoms with Crippen molar-refractivity contribution in [2.24, 2.45) is 5.92 Å². The van der Waals surface area contributed by atoms with Gasteiger partial charge < -0.3 is 0 Å². The number of ketones is 2. The maximum atomic E-state index is 11.8. The molecule has 0 spiro atoms. The molecule has 0 aliphatic heterocycles. The van der Waals surface area contributed by atoms with Gasteiger partial charge in [0.15, 0.2) is 0 Å². The van der Waals surface area contributed by atoms with E-state index in [0.29, 0.717) is 12.0 Å². The van der Waals surface area contributed by atoms with Crippen LogP contribution in [0.15, 0.2) is 24.3 Å². The van der Waals surface area contributed by atoms with E-state index in [9.17, 15) is 9.59 Å². The van der Waals surface area contributed by atoms with Crippen LogP contribution in [0, 0.1) is 12.8 Å². The number of hydrogen-bond donors (Lipinski definition) is 0. The summed E-state index contributed by atoms with van der Waals surface area (Å²) in [4.78, 5) is 23.3. The minimum atomic E-state index is -0.359. The number of hydrogen-bond acceptors (Lipinski definition) is 2. The van der Waals surface area contributed by atoms with Crippen LogP contribution in [0.4, 0.5) is 0 Å². The molecule has 2 heteroatoms. The van der Waals surface area contributed by atoms with Gasteiger partial charge in [-0.3, -0.25) is 9.59 Å². The highest BCUT2D eigenvalue weighted by Gasteiger charge is 2.18. The summed E-state index contributed by atoms with van der Waals surface area (Å²) in [5.41, 5.74) is 1.39. The molecule has 0 aliphatic carbocycles. The van der Waals surface area contributed by atoms with E-state index in [4.69, 9.17) is 0 Å². The zero-order valence-corrected chi connectivity index (χ0v) is 9.41. The molecule has 0 amide bonds. The van der Waals surface area contributed by atoms with Crippen molar-refractivity contribution < 1.29 is 9.59 Å². The second-order valence-electron chi connectivity index (χ2n) is 4.17. The molecule has 0 saturated heterocycles. The van der Waals surface area contributed by atoms with Crippen molar-refractivity contribution in [1.82, 2.24) is 0 Å². The van der Waals surface area contributed by atoms with E-state index in [1.165, 1.54) is 0 Å². The van der Waals surface area contributed by atoms with Crippen LogP contribution in [0.2, 0.25) is 0 Å². The number of benzene rings is 1. The standard InChI is InChI=1S/C13H16O2/c1-9(2)8-12(14)13(15)11-7-5-4-6-10(11)3/h4-7,9H,8H2,1-3H3. The first-order valence-corrected chi connectivity index (χ1v) is 5.15. The molecule has 1 aromatic carbocycles. The molecule has 1 aromatic rings. The van der Waals surface area contributed by atoms with Gasteiger partial charge in [-0.25, -0.2) is 0 Å². The van der Waals surface area contributed by atoms with Crippen molar-refractivity contribution >= 4 is 11.6 Å². The van der Waals surface area contributed by atoms with Crippen LogP contribution >= 0.6 is 0 Å². The SMILES string of the molecule is Cc1ccccc1C(=O)C(=O)CC(C)C. The van der Waals surface area contributed by atoms with Crippen molar-refractivity contribution in [2.45, 2.75) is 27.2 Å². The molecule has 0 heterocycles. The maximum Gasteiger partial charge on any atom is 0.228 e. The summed E-state index contributed by atoms with van der Waals surface area (Å²) < 4.78 is 0. The minimum Gasteiger partial charge on any atom is -0.290 e. The number of aryl methyl sites for hydroxylation is 1. The predicted octanol–water partition coefficient (Wildman–Crippen LogP) is 2.79. The van der Waals surface area contributed by atoms with Crippen LogP contribution < -0.4 is 0 Å². The summed E-state index contributed by atoms with van der Waals surface area (Å²) in [7, 11) is 0. The molecule has 2 nitrogen and oxygen atoms in total. The first-order valence-electron chi connectivity index (χ1n) is 5.15. The lowest BCUT2D eigenvalue weighted by atomic mass is 9.97. The molecule has 0 bridgehead atoms. The van der Waals surface area contributed by atoms with Crippen LogP contribution in [-0.4, -0.2) is 11.6 Å². The van der Waals surface area contributed by atoms with E-state index in [-0.39, 0.29) is 17.5 Å². The Morgan fingerprint density at radius 1 is 1.20 bits per heavy atom. The molecule has 1 rings (SSSR count). The maximum absolute atomic E-state index is 11.8. The minimum absolute atomic E-state index is 0.227. The fourth-order valence-corrected chi connectivity index (χ4v) is 1.44. The molecule has 0 atom stereocenters. The molecular weight excluding hydrogens is 188 g/mol. The first-order chi connectivity index (χ1) is 7.02. The Hall–Kier alpha value is -1.44. The third-order valence-corrected chi connectivity index (χ3v) is 2.24. The second kappa shape index (κ2) is 4.87. The van der Waals surface area contributed by atoms with Crippen molar-refractivity contribution in [3.8, 4) is 0 Å². The second-order valence-corrected chi connectivity index (χ2v) is 4.17. The van der Waals surface area contributed by atoms with Gasteiger partial charge in [-0.2, -0.15) is 0 Å². The van der Waals surface area contributed by atoms with Gasteiger partial charge in [-0.05, 0) is 18.4 Å². The first kappa shape index (κ1) is 11.6. The Balaban J connectivity index is 2.86. The lowest BCUT2D eigenvalue weighted by Gasteiger charge is -2.05. The highest BCUT2D eigenvalue weighted by atomic mass is 16.2. The third-order valence-electron chi connectivity index (χ3n) is 2.24. The Bertz CT molecular complexity index is 378. The molecule has 0 aromatic heterocycles. The summed E-state index contributed by atoms with van der Waals surface area (Å²) in [6.07, 6.45) is 0.327. The molecule has 0 aliphatic rings. The topological polar surface area (TPSA) is 34.1 Å². The number of Topliss-reactive ketones (excluding diaryl/α,β-unsaturated/α-hetero) is 2. The Morgan fingerprint density at radius 3 is 2.33 bits per heavy atom. The number of rotatable bonds is 4. The van der Waals surface area contributed by atoms with Crippen molar-refractivity contribution in [1.29, 1.82) is 0 Å². The lowest BCUT2D eigenvalue weighted by molar-refractivity contribution is -0.115. The fourth-order valence-electron chi connectivity index (χ4n) is 1.44. The average Bonchev–Trinajstić information content (AvgIpc) is 2.16. The van der Waals surface area contributed by atoms with Crippen molar-refractivity contribution in [3.05, 3.63) is 35.4 Å². The summed E-state index contributed by atoms with van der Waals surface area (Å²) in [5, 5.41) is 0. The number of carbonyl (C=O) groups excluding carboxylic acids is 2. The van der Waals surface area contributed by atoms with E-state index >= 15 is 0 Å². The Labute approximate surface area is 90.3 Å². The van der Waals surface area contributed by atoms with E-state index < -0.39 is 0 Å². The largest absolute Gasteiger partial charge is 0.290 e. The third kappa shape index (κ3) is 3.01. The molecule has 15 heavy (non-hydrogen) atoms. The van der Waals surface area contributed by atoms with E-state index in [2.05, 4.69) is 0 Å². The molecule has 0 saturated carbocycles. The van der Waals surface area contributed by atoms with Gasteiger partial charge in [-0.15, -0.1) is 0 Å². The summed E-state index contributed by atoms with van der Waals surface area (Å²) in [6, 6.07) is 7.19. The smallest absolute Gasteiger partial charge is 0.228 e. The highest BCUT2D eigenvalue weighted by Crippen LogP contribution is 2.11. The van der Waals surface area contributed by atoms with Gasteiger partial charge in [0.2, 0.25) is 11.6 Å².